The van der Waals surface area contributed by atoms with Crippen molar-refractivity contribution < 1.29 is 14.3 Å². The molecule has 2 N–H and O–H groups in total. The Bertz CT molecular complexity index is 840. The lowest BCUT2D eigenvalue weighted by molar-refractivity contribution is 0.136. The Kier molecular flexibility index (Phi) is 7.34. The lowest BCUT2D eigenvalue weighted by Crippen LogP contribution is -2.34. The molecule has 0 spiro atoms. The first-order chi connectivity index (χ1) is 14.2. The molecule has 29 heavy (non-hydrogen) atoms. The molecule has 1 amide bonds. The highest BCUT2D eigenvalue weighted by Gasteiger charge is 2.22. The highest BCUT2D eigenvalue weighted by atomic mass is 16.5. The van der Waals surface area contributed by atoms with E-state index in [1.807, 2.05) is 42.5 Å². The van der Waals surface area contributed by atoms with E-state index in [0.29, 0.717) is 29.8 Å². The number of nitriles is 1. The lowest BCUT2D eigenvalue weighted by Gasteiger charge is -2.30. The van der Waals surface area contributed by atoms with E-state index < -0.39 is 0 Å². The maximum absolute atomic E-state index is 11.9. The molecule has 1 saturated carbocycles. The summed E-state index contributed by atoms with van der Waals surface area (Å²) in [6.45, 7) is 0.933. The van der Waals surface area contributed by atoms with Gasteiger partial charge in [-0.05, 0) is 49.3 Å². The molecule has 1 aliphatic rings. The summed E-state index contributed by atoms with van der Waals surface area (Å²) in [7, 11) is 1.57. The van der Waals surface area contributed by atoms with Crippen LogP contribution in [0.15, 0.2) is 48.5 Å². The van der Waals surface area contributed by atoms with Crippen molar-refractivity contribution in [2.24, 2.45) is 5.92 Å². The number of benzene rings is 2. The Morgan fingerprint density at radius 2 is 1.90 bits per heavy atom. The molecule has 3 rings (SSSR count). The molecule has 0 radical (unpaired) electrons. The van der Waals surface area contributed by atoms with Crippen LogP contribution in [-0.4, -0.2) is 25.8 Å². The monoisotopic (exact) mass is 393 g/mol. The molecular formula is C23H27N3O3. The summed E-state index contributed by atoms with van der Waals surface area (Å²) >= 11 is 0. The molecule has 2 aromatic carbocycles. The van der Waals surface area contributed by atoms with Crippen LogP contribution in [0, 0.1) is 17.2 Å². The lowest BCUT2D eigenvalue weighted by atomic mass is 9.86. The third-order valence-electron chi connectivity index (χ3n) is 5.29. The maximum Gasteiger partial charge on any atom is 0.407 e. The van der Waals surface area contributed by atoms with Gasteiger partial charge in [0.25, 0.3) is 0 Å². The first kappa shape index (κ1) is 20.5. The zero-order valence-electron chi connectivity index (χ0n) is 16.7. The molecule has 152 valence electrons. The maximum atomic E-state index is 11.9. The van der Waals surface area contributed by atoms with Crippen molar-refractivity contribution in [3.63, 3.8) is 0 Å². The van der Waals surface area contributed by atoms with Gasteiger partial charge in [-0.2, -0.15) is 5.26 Å². The van der Waals surface area contributed by atoms with Gasteiger partial charge < -0.3 is 20.1 Å². The second-order valence-electron chi connectivity index (χ2n) is 7.33. The zero-order chi connectivity index (χ0) is 20.5. The van der Waals surface area contributed by atoms with Gasteiger partial charge in [0, 0.05) is 24.3 Å². The van der Waals surface area contributed by atoms with Gasteiger partial charge in [-0.15, -0.1) is 0 Å². The molecule has 6 heteroatoms. The number of rotatable bonds is 7. The summed E-state index contributed by atoms with van der Waals surface area (Å²) in [5, 5.41) is 15.5. The number of anilines is 1. The standard InChI is InChI=1S/C23H27N3O3/c1-28-22-13-21(12-9-19(22)14-24)26-20-10-7-17(8-11-20)15-25-23(27)29-16-18-5-3-2-4-6-18/h2-6,9,12-13,17,20,26H,7-8,10-11,15-16H2,1H3,(H,25,27). The normalized spacial score (nSPS) is 18.3. The quantitative estimate of drug-likeness (QED) is 0.725. The number of methoxy groups -OCH3 is 1. The van der Waals surface area contributed by atoms with E-state index in [2.05, 4.69) is 16.7 Å². The largest absolute Gasteiger partial charge is 0.495 e. The molecule has 0 bridgehead atoms. The summed E-state index contributed by atoms with van der Waals surface area (Å²) in [4.78, 5) is 11.9. The van der Waals surface area contributed by atoms with Gasteiger partial charge >= 0.3 is 6.09 Å². The van der Waals surface area contributed by atoms with Crippen LogP contribution in [0.25, 0.3) is 0 Å². The van der Waals surface area contributed by atoms with Crippen LogP contribution in [-0.2, 0) is 11.3 Å². The van der Waals surface area contributed by atoms with Crippen molar-refractivity contribution in [1.82, 2.24) is 5.32 Å². The Hall–Kier alpha value is -3.20. The van der Waals surface area contributed by atoms with Crippen LogP contribution in [0.3, 0.4) is 0 Å². The summed E-state index contributed by atoms with van der Waals surface area (Å²) in [5.74, 6) is 1.05. The van der Waals surface area contributed by atoms with Crippen molar-refractivity contribution in [1.29, 1.82) is 5.26 Å². The van der Waals surface area contributed by atoms with Gasteiger partial charge in [0.15, 0.2) is 0 Å². The summed E-state index contributed by atoms with van der Waals surface area (Å²) in [6.07, 6.45) is 3.80. The molecule has 0 atom stereocenters. The Morgan fingerprint density at radius 3 is 2.59 bits per heavy atom. The SMILES string of the molecule is COc1cc(NC2CCC(CNC(=O)OCc3ccccc3)CC2)ccc1C#N. The van der Waals surface area contributed by atoms with Crippen LogP contribution in [0.4, 0.5) is 10.5 Å². The second-order valence-corrected chi connectivity index (χ2v) is 7.33. The molecule has 1 aliphatic carbocycles. The van der Waals surface area contributed by atoms with Crippen molar-refractivity contribution in [2.45, 2.75) is 38.3 Å². The van der Waals surface area contributed by atoms with Crippen molar-refractivity contribution in [3.05, 3.63) is 59.7 Å². The van der Waals surface area contributed by atoms with Crippen molar-refractivity contribution >= 4 is 11.8 Å². The minimum absolute atomic E-state index is 0.289. The van der Waals surface area contributed by atoms with Crippen molar-refractivity contribution in [3.8, 4) is 11.8 Å². The van der Waals surface area contributed by atoms with Gasteiger partial charge in [-0.25, -0.2) is 4.79 Å². The third-order valence-corrected chi connectivity index (χ3v) is 5.29. The molecule has 1 fully saturated rings. The predicted octanol–water partition coefficient (Wildman–Crippen LogP) is 4.46. The number of alkyl carbamates (subject to hydrolysis) is 1. The zero-order valence-corrected chi connectivity index (χ0v) is 16.7. The third kappa shape index (κ3) is 6.15. The number of hydrogen-bond donors (Lipinski definition) is 2. The molecule has 0 saturated heterocycles. The number of ether oxygens (including phenoxy) is 2. The number of amides is 1. The molecule has 0 unspecified atom stereocenters. The van der Waals surface area contributed by atoms with E-state index in [0.717, 1.165) is 36.9 Å². The van der Waals surface area contributed by atoms with Crippen LogP contribution in [0.1, 0.15) is 36.8 Å². The highest BCUT2D eigenvalue weighted by Crippen LogP contribution is 2.28. The molecule has 0 aromatic heterocycles. The van der Waals surface area contributed by atoms with Crippen LogP contribution < -0.4 is 15.4 Å². The van der Waals surface area contributed by atoms with Gasteiger partial charge in [0.05, 0.1) is 12.7 Å². The Morgan fingerprint density at radius 1 is 1.14 bits per heavy atom. The fraction of sp³-hybridized carbons (Fsp3) is 0.391. The summed E-state index contributed by atoms with van der Waals surface area (Å²) in [5.41, 5.74) is 2.48. The first-order valence-electron chi connectivity index (χ1n) is 9.97. The first-order valence-corrected chi connectivity index (χ1v) is 9.97. The number of carbonyl (C=O) groups excluding carboxylic acids is 1. The van der Waals surface area contributed by atoms with Gasteiger partial charge in [0.2, 0.25) is 0 Å². The summed E-state index contributed by atoms with van der Waals surface area (Å²) < 4.78 is 10.5. The fourth-order valence-corrected chi connectivity index (χ4v) is 3.62. The van der Waals surface area contributed by atoms with Crippen LogP contribution in [0.2, 0.25) is 0 Å². The second kappa shape index (κ2) is 10.4. The topological polar surface area (TPSA) is 83.4 Å². The van der Waals surface area contributed by atoms with Gasteiger partial charge in [-0.1, -0.05) is 30.3 Å². The average Bonchev–Trinajstić information content (AvgIpc) is 2.77. The van der Waals surface area contributed by atoms with E-state index >= 15 is 0 Å². The number of nitrogens with zero attached hydrogens (tertiary/aromatic N) is 1. The van der Waals surface area contributed by atoms with E-state index in [-0.39, 0.29) is 12.7 Å². The Labute approximate surface area is 171 Å². The smallest absolute Gasteiger partial charge is 0.407 e. The van der Waals surface area contributed by atoms with Gasteiger partial charge in [0.1, 0.15) is 18.4 Å². The van der Waals surface area contributed by atoms with Crippen molar-refractivity contribution in [2.75, 3.05) is 19.0 Å². The van der Waals surface area contributed by atoms with E-state index in [1.165, 1.54) is 0 Å². The Balaban J connectivity index is 1.37. The molecule has 2 aromatic rings. The summed E-state index contributed by atoms with van der Waals surface area (Å²) in [6, 6.07) is 17.7. The number of nitrogens with one attached hydrogen (secondary N) is 2. The van der Waals surface area contributed by atoms with Crippen LogP contribution in [0.5, 0.6) is 5.75 Å². The van der Waals surface area contributed by atoms with Crippen LogP contribution >= 0.6 is 0 Å². The highest BCUT2D eigenvalue weighted by molar-refractivity contribution is 5.67. The molecular weight excluding hydrogens is 366 g/mol. The fourth-order valence-electron chi connectivity index (χ4n) is 3.62. The average molecular weight is 393 g/mol. The molecule has 6 nitrogen and oxygen atoms in total. The minimum atomic E-state index is -0.362. The van der Waals surface area contributed by atoms with E-state index in [1.54, 1.807) is 13.2 Å². The number of carbonyl (C=O) groups is 1. The predicted molar refractivity (Wildman–Crippen MR) is 112 cm³/mol. The van der Waals surface area contributed by atoms with E-state index in [4.69, 9.17) is 14.7 Å². The molecule has 0 heterocycles. The number of hydrogen-bond acceptors (Lipinski definition) is 5. The van der Waals surface area contributed by atoms with Gasteiger partial charge in [-0.3, -0.25) is 0 Å². The molecule has 0 aliphatic heterocycles. The minimum Gasteiger partial charge on any atom is -0.495 e. The van der Waals surface area contributed by atoms with E-state index in [9.17, 15) is 4.79 Å².